The third kappa shape index (κ3) is 2.61. The highest BCUT2D eigenvalue weighted by Gasteiger charge is 2.16. The van der Waals surface area contributed by atoms with Gasteiger partial charge in [-0.05, 0) is 25.0 Å². The lowest BCUT2D eigenvalue weighted by Gasteiger charge is -2.24. The Morgan fingerprint density at radius 3 is 2.74 bits per heavy atom. The summed E-state index contributed by atoms with van der Waals surface area (Å²) in [7, 11) is 1.84. The van der Waals surface area contributed by atoms with Crippen molar-refractivity contribution in [3.8, 4) is 0 Å². The molecule has 5 nitrogen and oxygen atoms in total. The fourth-order valence-corrected chi connectivity index (χ4v) is 2.33. The molecule has 0 atom stereocenters. The van der Waals surface area contributed by atoms with Crippen LogP contribution in [-0.2, 0) is 4.74 Å². The number of nitrogens with zero attached hydrogens (tertiary/aromatic N) is 2. The van der Waals surface area contributed by atoms with E-state index in [4.69, 9.17) is 4.74 Å². The smallest absolute Gasteiger partial charge is 0.224 e. The van der Waals surface area contributed by atoms with Crippen molar-refractivity contribution in [2.75, 3.05) is 30.9 Å². The van der Waals surface area contributed by atoms with E-state index < -0.39 is 0 Å². The van der Waals surface area contributed by atoms with Crippen LogP contribution in [0.4, 0.5) is 11.8 Å². The Kier molecular flexibility index (Phi) is 3.46. The van der Waals surface area contributed by atoms with Gasteiger partial charge in [-0.25, -0.2) is 4.98 Å². The highest BCUT2D eigenvalue weighted by Crippen LogP contribution is 2.23. The summed E-state index contributed by atoms with van der Waals surface area (Å²) in [5.41, 5.74) is 0.955. The van der Waals surface area contributed by atoms with Crippen molar-refractivity contribution >= 4 is 22.7 Å². The van der Waals surface area contributed by atoms with Crippen LogP contribution in [0.15, 0.2) is 24.3 Å². The van der Waals surface area contributed by atoms with Crippen molar-refractivity contribution in [3.05, 3.63) is 24.3 Å². The van der Waals surface area contributed by atoms with E-state index in [1.807, 2.05) is 25.2 Å². The van der Waals surface area contributed by atoms with Gasteiger partial charge in [0.05, 0.1) is 5.52 Å². The number of nitrogens with one attached hydrogen (secondary N) is 2. The second-order valence-corrected chi connectivity index (χ2v) is 4.69. The molecule has 1 saturated heterocycles. The Balaban J connectivity index is 1.95. The van der Waals surface area contributed by atoms with E-state index in [1.54, 1.807) is 0 Å². The summed E-state index contributed by atoms with van der Waals surface area (Å²) in [6.07, 6.45) is 2.04. The van der Waals surface area contributed by atoms with Crippen LogP contribution in [0, 0.1) is 0 Å². The molecule has 0 bridgehead atoms. The molecule has 1 aliphatic rings. The molecule has 0 aliphatic carbocycles. The van der Waals surface area contributed by atoms with Crippen molar-refractivity contribution in [2.24, 2.45) is 0 Å². The van der Waals surface area contributed by atoms with Crippen molar-refractivity contribution in [3.63, 3.8) is 0 Å². The molecule has 5 heteroatoms. The topological polar surface area (TPSA) is 59.1 Å². The van der Waals surface area contributed by atoms with Crippen molar-refractivity contribution < 1.29 is 4.74 Å². The lowest BCUT2D eigenvalue weighted by molar-refractivity contribution is 0.0904. The molecule has 1 aromatic carbocycles. The zero-order valence-electron chi connectivity index (χ0n) is 11.0. The quantitative estimate of drug-likeness (QED) is 0.884. The molecule has 100 valence electrons. The van der Waals surface area contributed by atoms with Gasteiger partial charge in [0.2, 0.25) is 5.95 Å². The molecule has 0 spiro atoms. The molecule has 2 heterocycles. The van der Waals surface area contributed by atoms with Crippen LogP contribution in [0.5, 0.6) is 0 Å². The molecule has 0 amide bonds. The third-order valence-corrected chi connectivity index (χ3v) is 3.39. The Morgan fingerprint density at radius 1 is 1.16 bits per heavy atom. The number of aromatic nitrogens is 2. The van der Waals surface area contributed by atoms with Crippen molar-refractivity contribution in [1.82, 2.24) is 9.97 Å². The predicted octanol–water partition coefficient (Wildman–Crippen LogP) is 2.26. The Hall–Kier alpha value is -1.88. The highest BCUT2D eigenvalue weighted by molar-refractivity contribution is 5.90. The van der Waals surface area contributed by atoms with Crippen LogP contribution < -0.4 is 10.6 Å². The van der Waals surface area contributed by atoms with E-state index >= 15 is 0 Å². The maximum Gasteiger partial charge on any atom is 0.224 e. The summed E-state index contributed by atoms with van der Waals surface area (Å²) in [4.78, 5) is 9.00. The second-order valence-electron chi connectivity index (χ2n) is 4.69. The molecule has 19 heavy (non-hydrogen) atoms. The van der Waals surface area contributed by atoms with Gasteiger partial charge in [0.1, 0.15) is 5.82 Å². The minimum Gasteiger partial charge on any atom is -0.381 e. The first-order chi connectivity index (χ1) is 9.36. The number of anilines is 2. The van der Waals surface area contributed by atoms with Gasteiger partial charge in [-0.2, -0.15) is 4.98 Å². The van der Waals surface area contributed by atoms with Gasteiger partial charge in [0.15, 0.2) is 0 Å². The molecule has 2 aromatic rings. The summed E-state index contributed by atoms with van der Waals surface area (Å²) < 4.78 is 5.38. The van der Waals surface area contributed by atoms with Crippen molar-refractivity contribution in [2.45, 2.75) is 18.9 Å². The van der Waals surface area contributed by atoms with Gasteiger partial charge in [-0.3, -0.25) is 0 Å². The number of fused-ring (bicyclic) bond motifs is 1. The molecule has 1 aromatic heterocycles. The summed E-state index contributed by atoms with van der Waals surface area (Å²) in [5, 5.41) is 7.60. The number of rotatable bonds is 3. The van der Waals surface area contributed by atoms with Gasteiger partial charge < -0.3 is 15.4 Å². The molecule has 1 aliphatic heterocycles. The molecule has 0 unspecified atom stereocenters. The van der Waals surface area contributed by atoms with E-state index in [9.17, 15) is 0 Å². The Morgan fingerprint density at radius 2 is 1.95 bits per heavy atom. The van der Waals surface area contributed by atoms with Crippen LogP contribution >= 0.6 is 0 Å². The normalized spacial score (nSPS) is 16.5. The third-order valence-electron chi connectivity index (χ3n) is 3.39. The molecule has 3 rings (SSSR count). The first-order valence-electron chi connectivity index (χ1n) is 6.65. The molecule has 1 fully saturated rings. The molecular formula is C14H18N4O. The van der Waals surface area contributed by atoms with E-state index in [2.05, 4.69) is 26.7 Å². The maximum atomic E-state index is 5.38. The minimum atomic E-state index is 0.428. The first kappa shape index (κ1) is 12.2. The Bertz CT molecular complexity index is 566. The van der Waals surface area contributed by atoms with Gasteiger partial charge in [-0.1, -0.05) is 12.1 Å². The lowest BCUT2D eigenvalue weighted by atomic mass is 10.1. The largest absolute Gasteiger partial charge is 0.381 e. The molecule has 0 radical (unpaired) electrons. The summed E-state index contributed by atoms with van der Waals surface area (Å²) >= 11 is 0. The molecule has 2 N–H and O–H groups in total. The SMILES string of the molecule is CNc1nc(NC2CCOCC2)c2ccccc2n1. The van der Waals surface area contributed by atoms with Gasteiger partial charge in [0.25, 0.3) is 0 Å². The number of benzene rings is 1. The average Bonchev–Trinajstić information content (AvgIpc) is 2.48. The fraction of sp³-hybridized carbons (Fsp3) is 0.429. The molecule has 0 saturated carbocycles. The van der Waals surface area contributed by atoms with Gasteiger partial charge >= 0.3 is 0 Å². The second kappa shape index (κ2) is 5.40. The average molecular weight is 258 g/mol. The minimum absolute atomic E-state index is 0.428. The Labute approximate surface area is 112 Å². The molecular weight excluding hydrogens is 240 g/mol. The number of para-hydroxylation sites is 1. The summed E-state index contributed by atoms with van der Waals surface area (Å²) in [5.74, 6) is 1.55. The number of hydrogen-bond acceptors (Lipinski definition) is 5. The first-order valence-corrected chi connectivity index (χ1v) is 6.65. The predicted molar refractivity (Wildman–Crippen MR) is 76.5 cm³/mol. The van der Waals surface area contributed by atoms with E-state index in [0.717, 1.165) is 42.8 Å². The summed E-state index contributed by atoms with van der Waals surface area (Å²) in [6.45, 7) is 1.64. The monoisotopic (exact) mass is 258 g/mol. The van der Waals surface area contributed by atoms with Crippen LogP contribution in [-0.4, -0.2) is 36.3 Å². The van der Waals surface area contributed by atoms with Crippen LogP contribution in [0.3, 0.4) is 0 Å². The zero-order valence-corrected chi connectivity index (χ0v) is 11.0. The fourth-order valence-electron chi connectivity index (χ4n) is 2.33. The van der Waals surface area contributed by atoms with E-state index in [0.29, 0.717) is 12.0 Å². The standard InChI is InChI=1S/C14H18N4O/c1-15-14-17-12-5-3-2-4-11(12)13(18-14)16-10-6-8-19-9-7-10/h2-5,10H,6-9H2,1H3,(H2,15,16,17,18). The highest BCUT2D eigenvalue weighted by atomic mass is 16.5. The van der Waals surface area contributed by atoms with E-state index in [1.165, 1.54) is 0 Å². The maximum absolute atomic E-state index is 5.38. The lowest BCUT2D eigenvalue weighted by Crippen LogP contribution is -2.28. The zero-order chi connectivity index (χ0) is 13.1. The summed E-state index contributed by atoms with van der Waals surface area (Å²) in [6, 6.07) is 8.49. The van der Waals surface area contributed by atoms with Gasteiger partial charge in [0, 0.05) is 31.7 Å². The van der Waals surface area contributed by atoms with Crippen LogP contribution in [0.1, 0.15) is 12.8 Å². The van der Waals surface area contributed by atoms with Crippen molar-refractivity contribution in [1.29, 1.82) is 0 Å². The van der Waals surface area contributed by atoms with Crippen LogP contribution in [0.25, 0.3) is 10.9 Å². The van der Waals surface area contributed by atoms with Gasteiger partial charge in [-0.15, -0.1) is 0 Å². The van der Waals surface area contributed by atoms with E-state index in [-0.39, 0.29) is 0 Å². The van der Waals surface area contributed by atoms with Crippen LogP contribution in [0.2, 0.25) is 0 Å². The number of ether oxygens (including phenoxy) is 1. The number of hydrogen-bond donors (Lipinski definition) is 2.